The first-order valence-corrected chi connectivity index (χ1v) is 13.1. The number of amides is 2. The molecule has 2 aromatic rings. The average molecular weight is 524 g/mol. The summed E-state index contributed by atoms with van der Waals surface area (Å²) in [6.45, 7) is 0.772. The second-order valence-corrected chi connectivity index (χ2v) is 10.9. The second kappa shape index (κ2) is 9.81. The van der Waals surface area contributed by atoms with Gasteiger partial charge in [-0.3, -0.25) is 19.4 Å². The van der Waals surface area contributed by atoms with Crippen LogP contribution in [0.4, 0.5) is 5.69 Å². The largest absolute Gasteiger partial charge is 0.475 e. The number of hydrogen-bond acceptors (Lipinski definition) is 8. The van der Waals surface area contributed by atoms with Gasteiger partial charge in [0.2, 0.25) is 5.91 Å². The SMILES string of the molecule is Nc1ccc2c(c1)CC(C(=O)C(=O)O)(N(N)C(=O)C1CCC3CN(SCc4ccccc4)CC(=O)N31)C2. The van der Waals surface area contributed by atoms with Gasteiger partial charge in [0, 0.05) is 36.9 Å². The van der Waals surface area contributed by atoms with Crippen LogP contribution in [0.25, 0.3) is 0 Å². The first kappa shape index (κ1) is 25.2. The van der Waals surface area contributed by atoms with E-state index in [4.69, 9.17) is 11.6 Å². The zero-order valence-electron chi connectivity index (χ0n) is 20.2. The Balaban J connectivity index is 1.32. The van der Waals surface area contributed by atoms with Crippen molar-refractivity contribution in [2.75, 3.05) is 18.8 Å². The molecule has 0 bridgehead atoms. The van der Waals surface area contributed by atoms with Gasteiger partial charge in [-0.1, -0.05) is 48.3 Å². The lowest BCUT2D eigenvalue weighted by Gasteiger charge is -2.41. The van der Waals surface area contributed by atoms with Gasteiger partial charge in [-0.25, -0.2) is 14.9 Å². The molecule has 2 fully saturated rings. The molecule has 0 saturated carbocycles. The molecule has 2 aromatic carbocycles. The molecule has 0 radical (unpaired) electrons. The number of benzene rings is 2. The quantitative estimate of drug-likeness (QED) is 0.121. The number of ketones is 1. The van der Waals surface area contributed by atoms with Crippen molar-refractivity contribution in [1.82, 2.24) is 14.2 Å². The van der Waals surface area contributed by atoms with Crippen molar-refractivity contribution in [2.24, 2.45) is 5.84 Å². The molecule has 10 nitrogen and oxygen atoms in total. The number of piperazine rings is 1. The van der Waals surface area contributed by atoms with E-state index >= 15 is 0 Å². The van der Waals surface area contributed by atoms with E-state index in [-0.39, 0.29) is 31.3 Å². The number of carbonyl (C=O) groups is 4. The maximum atomic E-state index is 13.7. The lowest BCUT2D eigenvalue weighted by molar-refractivity contribution is -0.161. The summed E-state index contributed by atoms with van der Waals surface area (Å²) in [5.74, 6) is 3.45. The van der Waals surface area contributed by atoms with Crippen molar-refractivity contribution in [2.45, 2.75) is 49.1 Å². The van der Waals surface area contributed by atoms with E-state index in [0.717, 1.165) is 21.9 Å². The van der Waals surface area contributed by atoms with Gasteiger partial charge in [0.05, 0.1) is 6.54 Å². The molecule has 3 aliphatic rings. The van der Waals surface area contributed by atoms with E-state index in [0.29, 0.717) is 30.6 Å². The molecular weight excluding hydrogens is 494 g/mol. The Morgan fingerprint density at radius 3 is 2.54 bits per heavy atom. The molecule has 2 saturated heterocycles. The molecule has 2 aliphatic heterocycles. The normalized spacial score (nSPS) is 25.0. The number of fused-ring (bicyclic) bond motifs is 2. The van der Waals surface area contributed by atoms with Gasteiger partial charge in [-0.2, -0.15) is 0 Å². The Kier molecular flexibility index (Phi) is 6.69. The van der Waals surface area contributed by atoms with E-state index in [1.54, 1.807) is 35.0 Å². The highest BCUT2D eigenvalue weighted by Gasteiger charge is 2.55. The molecule has 194 valence electrons. The Labute approximate surface area is 218 Å². The van der Waals surface area contributed by atoms with Gasteiger partial charge in [-0.05, 0) is 41.7 Å². The van der Waals surface area contributed by atoms with Crippen LogP contribution in [0.5, 0.6) is 0 Å². The molecule has 5 rings (SSSR count). The van der Waals surface area contributed by atoms with Crippen molar-refractivity contribution >= 4 is 41.2 Å². The van der Waals surface area contributed by atoms with Crippen LogP contribution in [-0.2, 0) is 37.8 Å². The maximum Gasteiger partial charge on any atom is 0.374 e. The predicted molar refractivity (Wildman–Crippen MR) is 138 cm³/mol. The highest BCUT2D eigenvalue weighted by atomic mass is 32.2. The minimum atomic E-state index is -1.77. The summed E-state index contributed by atoms with van der Waals surface area (Å²) in [4.78, 5) is 53.2. The molecule has 2 heterocycles. The van der Waals surface area contributed by atoms with E-state index in [9.17, 15) is 24.3 Å². The number of nitrogens with zero attached hydrogens (tertiary/aromatic N) is 3. The second-order valence-electron chi connectivity index (χ2n) is 9.89. The molecular formula is C26H29N5O5S. The van der Waals surface area contributed by atoms with Crippen molar-refractivity contribution in [3.05, 3.63) is 65.2 Å². The van der Waals surface area contributed by atoms with Crippen LogP contribution < -0.4 is 11.6 Å². The first-order valence-electron chi connectivity index (χ1n) is 12.2. The molecule has 5 N–H and O–H groups in total. The summed E-state index contributed by atoms with van der Waals surface area (Å²) in [6, 6.07) is 14.1. The minimum absolute atomic E-state index is 0.0238. The predicted octanol–water partition coefficient (Wildman–Crippen LogP) is 0.986. The Morgan fingerprint density at radius 1 is 1.08 bits per heavy atom. The lowest BCUT2D eigenvalue weighted by Crippen LogP contribution is -2.67. The van der Waals surface area contributed by atoms with E-state index in [1.807, 2.05) is 34.6 Å². The number of carboxylic acids is 1. The zero-order valence-corrected chi connectivity index (χ0v) is 21.0. The molecule has 1 aliphatic carbocycles. The van der Waals surface area contributed by atoms with Crippen LogP contribution in [0.1, 0.15) is 29.5 Å². The number of hydrogen-bond donors (Lipinski definition) is 3. The van der Waals surface area contributed by atoms with Crippen LogP contribution in [-0.4, -0.2) is 73.6 Å². The highest BCUT2D eigenvalue weighted by molar-refractivity contribution is 7.96. The van der Waals surface area contributed by atoms with E-state index in [2.05, 4.69) is 0 Å². The molecule has 3 atom stereocenters. The van der Waals surface area contributed by atoms with Gasteiger partial charge in [0.25, 0.3) is 11.7 Å². The molecule has 0 aromatic heterocycles. The Bertz CT molecular complexity index is 1260. The number of carboxylic acid groups (broad SMARTS) is 1. The molecule has 11 heteroatoms. The van der Waals surface area contributed by atoms with Crippen LogP contribution >= 0.6 is 11.9 Å². The number of rotatable bonds is 7. The number of anilines is 1. The summed E-state index contributed by atoms with van der Waals surface area (Å²) in [5.41, 5.74) is 7.15. The topological polar surface area (TPSA) is 150 Å². The fraction of sp³-hybridized carbons (Fsp3) is 0.385. The van der Waals surface area contributed by atoms with E-state index < -0.39 is 29.2 Å². The van der Waals surface area contributed by atoms with Gasteiger partial charge >= 0.3 is 5.97 Å². The van der Waals surface area contributed by atoms with Gasteiger partial charge in [0.15, 0.2) is 0 Å². The monoisotopic (exact) mass is 523 g/mol. The lowest BCUT2D eigenvalue weighted by atomic mass is 9.88. The van der Waals surface area contributed by atoms with Gasteiger partial charge in [0.1, 0.15) is 11.6 Å². The van der Waals surface area contributed by atoms with Crippen molar-refractivity contribution in [1.29, 1.82) is 0 Å². The van der Waals surface area contributed by atoms with Crippen LogP contribution in [0.2, 0.25) is 0 Å². The number of nitrogens with two attached hydrogens (primary N) is 2. The number of aliphatic carboxylic acids is 1. The molecule has 37 heavy (non-hydrogen) atoms. The summed E-state index contributed by atoms with van der Waals surface area (Å²) in [7, 11) is 0. The Morgan fingerprint density at radius 2 is 1.81 bits per heavy atom. The molecule has 0 spiro atoms. The minimum Gasteiger partial charge on any atom is -0.475 e. The third kappa shape index (κ3) is 4.58. The number of Topliss-reactive ketones (excluding diaryl/α,β-unsaturated/α-hetero) is 1. The average Bonchev–Trinajstić information content (AvgIpc) is 3.49. The summed E-state index contributed by atoms with van der Waals surface area (Å²) < 4.78 is 2.02. The first-order chi connectivity index (χ1) is 17.7. The fourth-order valence-corrected chi connectivity index (χ4v) is 6.74. The van der Waals surface area contributed by atoms with Crippen LogP contribution in [0, 0.1) is 0 Å². The fourth-order valence-electron chi connectivity index (χ4n) is 5.74. The Hall–Kier alpha value is -3.41. The summed E-state index contributed by atoms with van der Waals surface area (Å²) >= 11 is 1.59. The van der Waals surface area contributed by atoms with Crippen molar-refractivity contribution < 1.29 is 24.3 Å². The zero-order chi connectivity index (χ0) is 26.3. The smallest absolute Gasteiger partial charge is 0.374 e. The highest BCUT2D eigenvalue weighted by Crippen LogP contribution is 2.38. The van der Waals surface area contributed by atoms with E-state index in [1.165, 1.54) is 0 Å². The summed E-state index contributed by atoms with van der Waals surface area (Å²) in [6.07, 6.45) is 0.950. The molecule has 3 unspecified atom stereocenters. The van der Waals surface area contributed by atoms with Crippen LogP contribution in [0.15, 0.2) is 48.5 Å². The summed E-state index contributed by atoms with van der Waals surface area (Å²) in [5, 5.41) is 10.4. The number of hydrazine groups is 1. The maximum absolute atomic E-state index is 13.7. The standard InChI is InChI=1S/C26H29N5O5S/c27-19-7-6-17-11-26(12-18(17)10-19,23(33)25(35)36)31(28)24(34)21-9-8-20-13-29(14-22(32)30(20)21)37-15-16-4-2-1-3-5-16/h1-7,10,20-21H,8-9,11-15,27-28H2,(H,35,36). The molecule has 2 amide bonds. The van der Waals surface area contributed by atoms with Crippen molar-refractivity contribution in [3.63, 3.8) is 0 Å². The number of carbonyl (C=O) groups excluding carboxylic acids is 3. The third-order valence-electron chi connectivity index (χ3n) is 7.57. The number of nitrogen functional groups attached to an aromatic ring is 1. The third-order valence-corrected chi connectivity index (χ3v) is 8.68. The van der Waals surface area contributed by atoms with Gasteiger partial charge < -0.3 is 15.7 Å². The van der Waals surface area contributed by atoms with Gasteiger partial charge in [-0.15, -0.1) is 0 Å². The van der Waals surface area contributed by atoms with Crippen molar-refractivity contribution in [3.8, 4) is 0 Å². The van der Waals surface area contributed by atoms with Crippen LogP contribution in [0.3, 0.4) is 0 Å².